The van der Waals surface area contributed by atoms with Crippen molar-refractivity contribution < 1.29 is 0 Å². The second kappa shape index (κ2) is 7.21. The Hall–Kier alpha value is -0.290. The van der Waals surface area contributed by atoms with E-state index in [4.69, 9.17) is 0 Å². The van der Waals surface area contributed by atoms with Gasteiger partial charge < -0.3 is 5.32 Å². The molecule has 4 heteroatoms. The molecular weight excluding hydrogens is 266 g/mol. The van der Waals surface area contributed by atoms with Crippen molar-refractivity contribution in [3.63, 3.8) is 0 Å². The van der Waals surface area contributed by atoms with Gasteiger partial charge in [0.05, 0.1) is 0 Å². The lowest BCUT2D eigenvalue weighted by atomic mass is 10.1. The zero-order valence-electron chi connectivity index (χ0n) is 9.89. The fraction of sp³-hybridized carbons (Fsp3) is 0.385. The second-order valence-corrected chi connectivity index (χ2v) is 6.80. The molecule has 1 unspecified atom stereocenters. The molecule has 2 rings (SSSR count). The number of hydrogen-bond acceptors (Lipinski definition) is 4. The first-order valence-electron chi connectivity index (χ1n) is 5.68. The molecule has 1 N–H and O–H groups in total. The summed E-state index contributed by atoms with van der Waals surface area (Å²) < 4.78 is 0. The lowest BCUT2D eigenvalue weighted by Gasteiger charge is -2.16. The third kappa shape index (κ3) is 4.14. The molecule has 17 heavy (non-hydrogen) atoms. The molecule has 0 spiro atoms. The average Bonchev–Trinajstić information content (AvgIpc) is 3.01. The normalized spacial score (nSPS) is 12.8. The van der Waals surface area contributed by atoms with Crippen LogP contribution in [0.5, 0.6) is 0 Å². The van der Waals surface area contributed by atoms with Crippen LogP contribution in [-0.4, -0.2) is 18.6 Å². The number of thioether (sulfide) groups is 1. The van der Waals surface area contributed by atoms with E-state index in [-0.39, 0.29) is 0 Å². The third-order valence-corrected chi connectivity index (χ3v) is 5.07. The van der Waals surface area contributed by atoms with Gasteiger partial charge in [-0.3, -0.25) is 0 Å². The molecule has 0 aliphatic carbocycles. The summed E-state index contributed by atoms with van der Waals surface area (Å²) in [6.45, 7) is 1.08. The van der Waals surface area contributed by atoms with Crippen LogP contribution in [0.4, 0.5) is 0 Å². The largest absolute Gasteiger partial charge is 0.308 e. The van der Waals surface area contributed by atoms with E-state index in [1.165, 1.54) is 15.5 Å². The summed E-state index contributed by atoms with van der Waals surface area (Å²) in [7, 11) is 0. The molecular formula is C13H17NS3. The highest BCUT2D eigenvalue weighted by molar-refractivity contribution is 7.98. The smallest absolute Gasteiger partial charge is 0.0463 e. The topological polar surface area (TPSA) is 12.0 Å². The Balaban J connectivity index is 1.97. The zero-order valence-corrected chi connectivity index (χ0v) is 12.3. The predicted octanol–water partition coefficient (Wildman–Crippen LogP) is 4.05. The molecule has 0 saturated carbocycles. The standard InChI is InChI=1S/C13H17NS3/c1-15-9-6-14-12(13-5-3-8-17-13)10-11-4-2-7-16-11/h2-5,7-8,12,14H,6,9-10H2,1H3. The molecule has 0 aromatic carbocycles. The van der Waals surface area contributed by atoms with Crippen LogP contribution in [0.15, 0.2) is 35.0 Å². The molecule has 0 fully saturated rings. The Kier molecular flexibility index (Phi) is 5.58. The summed E-state index contributed by atoms with van der Waals surface area (Å²) >= 11 is 5.59. The van der Waals surface area contributed by atoms with E-state index < -0.39 is 0 Å². The Morgan fingerprint density at radius 1 is 1.24 bits per heavy atom. The van der Waals surface area contributed by atoms with Gasteiger partial charge in [-0.25, -0.2) is 0 Å². The van der Waals surface area contributed by atoms with E-state index in [1.54, 1.807) is 0 Å². The van der Waals surface area contributed by atoms with Gasteiger partial charge in [-0.2, -0.15) is 11.8 Å². The minimum Gasteiger partial charge on any atom is -0.308 e. The minimum atomic E-state index is 0.473. The van der Waals surface area contributed by atoms with Gasteiger partial charge in [-0.1, -0.05) is 12.1 Å². The number of hydrogen-bond donors (Lipinski definition) is 1. The maximum Gasteiger partial charge on any atom is 0.0463 e. The summed E-state index contributed by atoms with van der Waals surface area (Å²) in [5, 5.41) is 7.97. The van der Waals surface area contributed by atoms with Crippen molar-refractivity contribution in [3.05, 3.63) is 44.8 Å². The molecule has 0 saturated heterocycles. The molecule has 0 bridgehead atoms. The molecule has 2 heterocycles. The van der Waals surface area contributed by atoms with Crippen LogP contribution >= 0.6 is 34.4 Å². The fourth-order valence-electron chi connectivity index (χ4n) is 1.73. The third-order valence-electron chi connectivity index (χ3n) is 2.57. The van der Waals surface area contributed by atoms with Gasteiger partial charge in [0.2, 0.25) is 0 Å². The van der Waals surface area contributed by atoms with Crippen LogP contribution in [0.1, 0.15) is 15.8 Å². The van der Waals surface area contributed by atoms with Crippen LogP contribution < -0.4 is 5.32 Å². The van der Waals surface area contributed by atoms with Gasteiger partial charge in [0, 0.05) is 34.5 Å². The summed E-state index contributed by atoms with van der Waals surface area (Å²) in [5.41, 5.74) is 0. The lowest BCUT2D eigenvalue weighted by Crippen LogP contribution is -2.24. The Morgan fingerprint density at radius 2 is 2.06 bits per heavy atom. The van der Waals surface area contributed by atoms with Crippen molar-refractivity contribution in [3.8, 4) is 0 Å². The maximum absolute atomic E-state index is 3.66. The van der Waals surface area contributed by atoms with E-state index in [0.717, 1.165) is 13.0 Å². The molecule has 1 atom stereocenters. The van der Waals surface area contributed by atoms with Crippen LogP contribution in [0.3, 0.4) is 0 Å². The van der Waals surface area contributed by atoms with Crippen LogP contribution in [0.2, 0.25) is 0 Å². The van der Waals surface area contributed by atoms with Gasteiger partial charge >= 0.3 is 0 Å². The summed E-state index contributed by atoms with van der Waals surface area (Å²) in [4.78, 5) is 2.90. The maximum atomic E-state index is 3.66. The van der Waals surface area contributed by atoms with Crippen molar-refractivity contribution in [2.45, 2.75) is 12.5 Å². The van der Waals surface area contributed by atoms with Crippen molar-refractivity contribution in [2.24, 2.45) is 0 Å². The first-order chi connectivity index (χ1) is 8.40. The number of nitrogens with one attached hydrogen (secondary N) is 1. The second-order valence-electron chi connectivity index (χ2n) is 3.80. The van der Waals surface area contributed by atoms with Crippen molar-refractivity contribution in [2.75, 3.05) is 18.6 Å². The molecule has 0 aliphatic rings. The molecule has 1 nitrogen and oxygen atoms in total. The van der Waals surface area contributed by atoms with Crippen molar-refractivity contribution in [1.29, 1.82) is 0 Å². The number of thiophene rings is 2. The Bertz CT molecular complexity index is 394. The molecule has 0 radical (unpaired) electrons. The van der Waals surface area contributed by atoms with Crippen LogP contribution in [0, 0.1) is 0 Å². The van der Waals surface area contributed by atoms with E-state index in [0.29, 0.717) is 6.04 Å². The van der Waals surface area contributed by atoms with Gasteiger partial charge in [0.25, 0.3) is 0 Å². The Labute approximate surface area is 115 Å². The SMILES string of the molecule is CSCCNC(Cc1cccs1)c1cccs1. The van der Waals surface area contributed by atoms with Gasteiger partial charge in [-0.15, -0.1) is 22.7 Å². The van der Waals surface area contributed by atoms with E-state index in [2.05, 4.69) is 46.6 Å². The van der Waals surface area contributed by atoms with Gasteiger partial charge in [0.1, 0.15) is 0 Å². The molecule has 0 aliphatic heterocycles. The molecule has 2 aromatic rings. The molecule has 0 amide bonds. The number of rotatable bonds is 7. The minimum absolute atomic E-state index is 0.473. The highest BCUT2D eigenvalue weighted by Crippen LogP contribution is 2.24. The molecule has 2 aromatic heterocycles. The first kappa shape index (κ1) is 13.1. The van der Waals surface area contributed by atoms with Gasteiger partial charge in [0.15, 0.2) is 0 Å². The highest BCUT2D eigenvalue weighted by atomic mass is 32.2. The van der Waals surface area contributed by atoms with Crippen LogP contribution in [0.25, 0.3) is 0 Å². The lowest BCUT2D eigenvalue weighted by molar-refractivity contribution is 0.564. The van der Waals surface area contributed by atoms with Gasteiger partial charge in [-0.05, 0) is 29.1 Å². The average molecular weight is 283 g/mol. The van der Waals surface area contributed by atoms with E-state index in [1.807, 2.05) is 34.4 Å². The van der Waals surface area contributed by atoms with Crippen molar-refractivity contribution in [1.82, 2.24) is 5.32 Å². The Morgan fingerprint density at radius 3 is 2.71 bits per heavy atom. The highest BCUT2D eigenvalue weighted by Gasteiger charge is 2.12. The predicted molar refractivity (Wildman–Crippen MR) is 81.5 cm³/mol. The summed E-state index contributed by atoms with van der Waals surface area (Å²) in [6, 6.07) is 9.20. The van der Waals surface area contributed by atoms with E-state index >= 15 is 0 Å². The summed E-state index contributed by atoms with van der Waals surface area (Å²) in [6.07, 6.45) is 3.26. The van der Waals surface area contributed by atoms with Crippen LogP contribution in [-0.2, 0) is 6.42 Å². The zero-order chi connectivity index (χ0) is 11.9. The van der Waals surface area contributed by atoms with Crippen molar-refractivity contribution >= 4 is 34.4 Å². The summed E-state index contributed by atoms with van der Waals surface area (Å²) in [5.74, 6) is 1.17. The first-order valence-corrected chi connectivity index (χ1v) is 8.83. The monoisotopic (exact) mass is 283 g/mol. The van der Waals surface area contributed by atoms with E-state index in [9.17, 15) is 0 Å². The molecule has 92 valence electrons. The fourth-order valence-corrected chi connectivity index (χ4v) is 3.60. The quantitative estimate of drug-likeness (QED) is 0.770.